The summed E-state index contributed by atoms with van der Waals surface area (Å²) in [5.41, 5.74) is 5.51. The Hall–Kier alpha value is -1.79. The molecule has 2 unspecified atom stereocenters. The molecule has 2 rings (SSSR count). The normalized spacial score (nSPS) is 25.6. The van der Waals surface area contributed by atoms with Crippen LogP contribution in [0, 0.1) is 11.8 Å². The number of rotatable bonds is 5. The van der Waals surface area contributed by atoms with Gasteiger partial charge in [0, 0.05) is 6.54 Å². The van der Waals surface area contributed by atoms with Crippen LogP contribution in [0.4, 0.5) is 4.79 Å². The van der Waals surface area contributed by atoms with Gasteiger partial charge in [0.1, 0.15) is 12.1 Å². The largest absolute Gasteiger partial charge is 0.447 e. The minimum absolute atomic E-state index is 0.0640. The molecule has 1 saturated heterocycles. The Kier molecular flexibility index (Phi) is 7.29. The number of nitrogens with zero attached hydrogens (tertiary/aromatic N) is 1. The third-order valence-corrected chi connectivity index (χ3v) is 5.38. The Balaban J connectivity index is 2.19. The van der Waals surface area contributed by atoms with Gasteiger partial charge in [-0.1, -0.05) is 32.6 Å². The average Bonchev–Trinajstić information content (AvgIpc) is 2.77. The van der Waals surface area contributed by atoms with Gasteiger partial charge < -0.3 is 20.7 Å². The summed E-state index contributed by atoms with van der Waals surface area (Å²) in [4.78, 5) is 38.8. The van der Waals surface area contributed by atoms with Crippen molar-refractivity contribution in [3.8, 4) is 0 Å². The summed E-state index contributed by atoms with van der Waals surface area (Å²) >= 11 is 0. The van der Waals surface area contributed by atoms with Crippen LogP contribution in [0.5, 0.6) is 0 Å². The number of carbonyl (C=O) groups is 3. The van der Waals surface area contributed by atoms with Crippen molar-refractivity contribution in [3.05, 3.63) is 0 Å². The van der Waals surface area contributed by atoms with E-state index in [2.05, 4.69) is 5.32 Å². The quantitative estimate of drug-likeness (QED) is 0.727. The van der Waals surface area contributed by atoms with E-state index in [1.165, 1.54) is 0 Å². The highest BCUT2D eigenvalue weighted by atomic mass is 16.6. The van der Waals surface area contributed by atoms with Gasteiger partial charge in [-0.05, 0) is 44.9 Å². The Labute approximate surface area is 156 Å². The highest BCUT2D eigenvalue weighted by Gasteiger charge is 2.42. The Morgan fingerprint density at radius 2 is 1.73 bits per heavy atom. The topological polar surface area (TPSA) is 102 Å². The van der Waals surface area contributed by atoms with Crippen molar-refractivity contribution >= 4 is 17.9 Å². The van der Waals surface area contributed by atoms with Crippen LogP contribution in [0.3, 0.4) is 0 Å². The summed E-state index contributed by atoms with van der Waals surface area (Å²) in [6, 6.07) is -1.25. The zero-order valence-electron chi connectivity index (χ0n) is 16.2. The van der Waals surface area contributed by atoms with Crippen LogP contribution in [0.15, 0.2) is 0 Å². The lowest BCUT2D eigenvalue weighted by Gasteiger charge is -2.32. The molecule has 3 atom stereocenters. The Morgan fingerprint density at radius 3 is 2.27 bits per heavy atom. The molecule has 2 fully saturated rings. The number of nitrogens with one attached hydrogen (secondary N) is 1. The van der Waals surface area contributed by atoms with E-state index >= 15 is 0 Å². The van der Waals surface area contributed by atoms with Crippen LogP contribution < -0.4 is 11.1 Å². The minimum Gasteiger partial charge on any atom is -0.447 e. The molecule has 0 aromatic rings. The monoisotopic (exact) mass is 367 g/mol. The highest BCUT2D eigenvalue weighted by Crippen LogP contribution is 2.29. The summed E-state index contributed by atoms with van der Waals surface area (Å²) in [6.07, 6.45) is 5.92. The molecule has 26 heavy (non-hydrogen) atoms. The van der Waals surface area contributed by atoms with Crippen molar-refractivity contribution in [2.45, 2.75) is 83.9 Å². The molecule has 3 N–H and O–H groups in total. The summed E-state index contributed by atoms with van der Waals surface area (Å²) < 4.78 is 5.20. The maximum absolute atomic E-state index is 13.3. The molecule has 3 amide bonds. The first kappa shape index (κ1) is 20.5. The first-order valence-corrected chi connectivity index (χ1v) is 9.86. The second-order valence-electron chi connectivity index (χ2n) is 8.08. The minimum atomic E-state index is -0.661. The summed E-state index contributed by atoms with van der Waals surface area (Å²) in [6.45, 7) is 6.04. The number of primary amides is 1. The fourth-order valence-electron chi connectivity index (χ4n) is 4.14. The second-order valence-corrected chi connectivity index (χ2v) is 8.08. The van der Waals surface area contributed by atoms with Crippen LogP contribution >= 0.6 is 0 Å². The number of amides is 3. The molecule has 1 heterocycles. The molecule has 7 nitrogen and oxygen atoms in total. The smallest absolute Gasteiger partial charge is 0.408 e. The van der Waals surface area contributed by atoms with Gasteiger partial charge in [-0.3, -0.25) is 9.59 Å². The lowest BCUT2D eigenvalue weighted by Crippen LogP contribution is -2.55. The molecular weight excluding hydrogens is 334 g/mol. The third-order valence-electron chi connectivity index (χ3n) is 5.38. The molecule has 0 bridgehead atoms. The van der Waals surface area contributed by atoms with Crippen LogP contribution in [0.1, 0.15) is 65.7 Å². The summed E-state index contributed by atoms with van der Waals surface area (Å²) in [5, 5.41) is 2.79. The van der Waals surface area contributed by atoms with Crippen molar-refractivity contribution in [1.29, 1.82) is 0 Å². The number of alkyl carbamates (subject to hydrolysis) is 1. The third kappa shape index (κ3) is 5.35. The van der Waals surface area contributed by atoms with Gasteiger partial charge >= 0.3 is 6.09 Å². The van der Waals surface area contributed by atoms with Crippen molar-refractivity contribution < 1.29 is 19.1 Å². The van der Waals surface area contributed by atoms with Crippen LogP contribution in [-0.2, 0) is 14.3 Å². The van der Waals surface area contributed by atoms with E-state index in [0.29, 0.717) is 13.0 Å². The van der Waals surface area contributed by atoms with Crippen molar-refractivity contribution in [1.82, 2.24) is 10.2 Å². The maximum Gasteiger partial charge on any atom is 0.408 e. The molecule has 148 valence electrons. The number of hydrogen-bond donors (Lipinski definition) is 2. The van der Waals surface area contributed by atoms with Gasteiger partial charge in [0.2, 0.25) is 11.8 Å². The maximum atomic E-state index is 13.3. The zero-order chi connectivity index (χ0) is 19.3. The average molecular weight is 367 g/mol. The molecule has 0 aromatic carbocycles. The molecule has 1 aliphatic carbocycles. The molecule has 0 radical (unpaired) electrons. The predicted molar refractivity (Wildman–Crippen MR) is 98.2 cm³/mol. The van der Waals surface area contributed by atoms with E-state index in [-0.39, 0.29) is 23.8 Å². The number of likely N-dealkylation sites (tertiary alicyclic amines) is 1. The van der Waals surface area contributed by atoms with E-state index in [4.69, 9.17) is 10.5 Å². The lowest BCUT2D eigenvalue weighted by molar-refractivity contribution is -0.140. The molecule has 1 saturated carbocycles. The molecule has 1 aliphatic heterocycles. The van der Waals surface area contributed by atoms with Gasteiger partial charge in [0.15, 0.2) is 0 Å². The van der Waals surface area contributed by atoms with Gasteiger partial charge in [-0.15, -0.1) is 0 Å². The van der Waals surface area contributed by atoms with Crippen LogP contribution in [0.2, 0.25) is 0 Å². The number of nitrogens with two attached hydrogens (primary N) is 1. The Morgan fingerprint density at radius 1 is 1.12 bits per heavy atom. The Bertz CT molecular complexity index is 515. The summed E-state index contributed by atoms with van der Waals surface area (Å²) in [7, 11) is 0. The van der Waals surface area contributed by atoms with Crippen LogP contribution in [-0.4, -0.2) is 47.5 Å². The molecular formula is C19H33N3O4. The first-order chi connectivity index (χ1) is 12.3. The number of hydrogen-bond acceptors (Lipinski definition) is 4. The predicted octanol–water partition coefficient (Wildman–Crippen LogP) is 2.18. The fraction of sp³-hybridized carbons (Fsp3) is 0.842. The number of ether oxygens (including phenoxy) is 1. The van der Waals surface area contributed by atoms with Crippen molar-refractivity contribution in [3.63, 3.8) is 0 Å². The first-order valence-electron chi connectivity index (χ1n) is 9.86. The molecule has 2 aliphatic rings. The van der Waals surface area contributed by atoms with Crippen LogP contribution in [0.25, 0.3) is 0 Å². The van der Waals surface area contributed by atoms with Crippen molar-refractivity contribution in [2.24, 2.45) is 17.6 Å². The highest BCUT2D eigenvalue weighted by molar-refractivity contribution is 5.91. The van der Waals surface area contributed by atoms with E-state index in [9.17, 15) is 14.4 Å². The lowest BCUT2D eigenvalue weighted by atomic mass is 9.90. The summed E-state index contributed by atoms with van der Waals surface area (Å²) in [5.74, 6) is -0.402. The standard InChI is InChI=1S/C19H33N3O4/c1-12(2)26-19(25)21-16(14-8-6-4-5-7-9-14)18(24)22-11-13(3)10-15(22)17(20)23/h12-16H,4-11H2,1-3H3,(H2,20,23)(H,21,25)/t13-,15?,16?/m1/s1. The number of carbonyl (C=O) groups excluding carboxylic acids is 3. The second kappa shape index (κ2) is 9.24. The van der Waals surface area contributed by atoms with Gasteiger partial charge in [0.25, 0.3) is 0 Å². The van der Waals surface area contributed by atoms with E-state index in [1.54, 1.807) is 18.7 Å². The van der Waals surface area contributed by atoms with E-state index < -0.39 is 24.1 Å². The van der Waals surface area contributed by atoms with E-state index in [1.807, 2.05) is 6.92 Å². The van der Waals surface area contributed by atoms with Gasteiger partial charge in [-0.25, -0.2) is 4.79 Å². The van der Waals surface area contributed by atoms with E-state index in [0.717, 1.165) is 38.5 Å². The van der Waals surface area contributed by atoms with Crippen molar-refractivity contribution in [2.75, 3.05) is 6.54 Å². The molecule has 7 heteroatoms. The van der Waals surface area contributed by atoms with Gasteiger partial charge in [-0.2, -0.15) is 0 Å². The zero-order valence-corrected chi connectivity index (χ0v) is 16.2. The SMILES string of the molecule is CC(C)OC(=O)NC(C(=O)N1C[C@H](C)CC1C(N)=O)C1CCCCCC1. The molecule has 0 aromatic heterocycles. The fourth-order valence-corrected chi connectivity index (χ4v) is 4.14. The van der Waals surface area contributed by atoms with Gasteiger partial charge in [0.05, 0.1) is 6.10 Å². The molecule has 0 spiro atoms.